The Labute approximate surface area is 148 Å². The van der Waals surface area contributed by atoms with E-state index in [0.717, 1.165) is 5.56 Å². The molecule has 2 N–H and O–H groups in total. The quantitative estimate of drug-likeness (QED) is 0.832. The molecule has 0 atom stereocenters. The molecule has 5 nitrogen and oxygen atoms in total. The van der Waals surface area contributed by atoms with Gasteiger partial charge in [0.25, 0.3) is 5.91 Å². The van der Waals surface area contributed by atoms with Gasteiger partial charge in [0.1, 0.15) is 5.75 Å². The smallest absolute Gasteiger partial charge is 0.262 e. The Morgan fingerprint density at radius 2 is 1.72 bits per heavy atom. The number of hydrogen-bond donors (Lipinski definition) is 2. The second-order valence-electron chi connectivity index (χ2n) is 6.27. The summed E-state index contributed by atoms with van der Waals surface area (Å²) in [5, 5.41) is 5.50. The first-order chi connectivity index (χ1) is 11.8. The van der Waals surface area contributed by atoms with E-state index in [1.54, 1.807) is 12.1 Å². The minimum Gasteiger partial charge on any atom is -0.484 e. The number of amides is 2. The average Bonchev–Trinajstić information content (AvgIpc) is 2.56. The second-order valence-corrected chi connectivity index (χ2v) is 6.27. The Bertz CT molecular complexity index is 752. The molecule has 0 aromatic heterocycles. The summed E-state index contributed by atoms with van der Waals surface area (Å²) < 4.78 is 5.51. The van der Waals surface area contributed by atoms with E-state index in [-0.39, 0.29) is 18.4 Å². The zero-order valence-electron chi connectivity index (χ0n) is 15.1. The van der Waals surface area contributed by atoms with E-state index in [9.17, 15) is 9.59 Å². The summed E-state index contributed by atoms with van der Waals surface area (Å²) in [6, 6.07) is 13.1. The number of carbonyl (C=O) groups is 2. The number of aryl methyl sites for hydroxylation is 1. The summed E-state index contributed by atoms with van der Waals surface area (Å²) in [6.45, 7) is 7.51. The van der Waals surface area contributed by atoms with Gasteiger partial charge in [-0.15, -0.1) is 0 Å². The van der Waals surface area contributed by atoms with Crippen LogP contribution in [-0.4, -0.2) is 18.4 Å². The number of rotatable bonds is 6. The van der Waals surface area contributed by atoms with Gasteiger partial charge in [-0.1, -0.05) is 32.0 Å². The molecule has 0 spiro atoms. The number of carbonyl (C=O) groups excluding carboxylic acids is 2. The van der Waals surface area contributed by atoms with Crippen LogP contribution in [0.1, 0.15) is 37.8 Å². The lowest BCUT2D eigenvalue weighted by Gasteiger charge is -2.11. The van der Waals surface area contributed by atoms with Crippen LogP contribution in [0.5, 0.6) is 5.75 Å². The first-order valence-electron chi connectivity index (χ1n) is 8.26. The highest BCUT2D eigenvalue weighted by Gasteiger charge is 2.07. The summed E-state index contributed by atoms with van der Waals surface area (Å²) >= 11 is 0. The zero-order chi connectivity index (χ0) is 18.4. The van der Waals surface area contributed by atoms with Crippen LogP contribution in [-0.2, 0) is 9.59 Å². The van der Waals surface area contributed by atoms with Crippen LogP contribution in [0.3, 0.4) is 0 Å². The molecule has 2 amide bonds. The van der Waals surface area contributed by atoms with Crippen LogP contribution in [0.15, 0.2) is 42.5 Å². The fourth-order valence-corrected chi connectivity index (χ4v) is 2.32. The molecule has 0 unspecified atom stereocenters. The molecule has 0 saturated carbocycles. The molecule has 0 aliphatic carbocycles. The third-order valence-corrected chi connectivity index (χ3v) is 3.75. The molecule has 132 valence electrons. The summed E-state index contributed by atoms with van der Waals surface area (Å²) in [5.74, 6) is 0.699. The van der Waals surface area contributed by atoms with E-state index in [4.69, 9.17) is 4.74 Å². The van der Waals surface area contributed by atoms with Crippen LogP contribution < -0.4 is 15.4 Å². The number of ether oxygens (including phenoxy) is 1. The number of nitrogens with one attached hydrogen (secondary N) is 2. The molecule has 0 aliphatic heterocycles. The Morgan fingerprint density at radius 3 is 2.32 bits per heavy atom. The first kappa shape index (κ1) is 18.5. The van der Waals surface area contributed by atoms with Crippen molar-refractivity contribution in [1.82, 2.24) is 0 Å². The molecular formula is C20H24N2O3. The van der Waals surface area contributed by atoms with Gasteiger partial charge in [0.15, 0.2) is 6.61 Å². The van der Waals surface area contributed by atoms with E-state index in [2.05, 4.69) is 24.5 Å². The van der Waals surface area contributed by atoms with Gasteiger partial charge in [-0.25, -0.2) is 0 Å². The molecule has 0 radical (unpaired) electrons. The maximum Gasteiger partial charge on any atom is 0.262 e. The summed E-state index contributed by atoms with van der Waals surface area (Å²) in [5.41, 5.74) is 3.44. The predicted molar refractivity (Wildman–Crippen MR) is 100 cm³/mol. The maximum atomic E-state index is 12.1. The Morgan fingerprint density at radius 1 is 1.04 bits per heavy atom. The van der Waals surface area contributed by atoms with Crippen LogP contribution in [0.2, 0.25) is 0 Å². The maximum absolute atomic E-state index is 12.1. The number of benzene rings is 2. The molecule has 0 saturated heterocycles. The van der Waals surface area contributed by atoms with Crippen molar-refractivity contribution >= 4 is 23.2 Å². The average molecular weight is 340 g/mol. The van der Waals surface area contributed by atoms with Gasteiger partial charge >= 0.3 is 0 Å². The lowest BCUT2D eigenvalue weighted by molar-refractivity contribution is -0.118. The third kappa shape index (κ3) is 5.64. The topological polar surface area (TPSA) is 67.4 Å². The van der Waals surface area contributed by atoms with E-state index < -0.39 is 0 Å². The van der Waals surface area contributed by atoms with Crippen molar-refractivity contribution in [2.45, 2.75) is 33.6 Å². The normalized spacial score (nSPS) is 10.4. The first-order valence-corrected chi connectivity index (χ1v) is 8.26. The highest BCUT2D eigenvalue weighted by Crippen LogP contribution is 2.21. The highest BCUT2D eigenvalue weighted by molar-refractivity contribution is 5.94. The van der Waals surface area contributed by atoms with Crippen molar-refractivity contribution in [1.29, 1.82) is 0 Å². The molecule has 0 aliphatic rings. The molecule has 2 aromatic rings. The Balaban J connectivity index is 1.92. The van der Waals surface area contributed by atoms with E-state index in [1.165, 1.54) is 12.5 Å². The Hall–Kier alpha value is -2.82. The van der Waals surface area contributed by atoms with Crippen LogP contribution >= 0.6 is 0 Å². The lowest BCUT2D eigenvalue weighted by atomic mass is 10.0. The molecule has 2 aromatic carbocycles. The number of anilines is 2. The van der Waals surface area contributed by atoms with Gasteiger partial charge in [0, 0.05) is 18.3 Å². The van der Waals surface area contributed by atoms with Gasteiger partial charge < -0.3 is 15.4 Å². The molecular weight excluding hydrogens is 316 g/mol. The van der Waals surface area contributed by atoms with E-state index >= 15 is 0 Å². The zero-order valence-corrected chi connectivity index (χ0v) is 15.1. The van der Waals surface area contributed by atoms with Crippen LogP contribution in [0.4, 0.5) is 11.4 Å². The minimum atomic E-state index is -0.259. The van der Waals surface area contributed by atoms with Crippen molar-refractivity contribution in [3.63, 3.8) is 0 Å². The largest absolute Gasteiger partial charge is 0.484 e. The SMILES string of the molecule is CC(=O)Nc1cc(NC(=O)COc2ccc(C(C)C)cc2)ccc1C. The van der Waals surface area contributed by atoms with Crippen molar-refractivity contribution in [2.24, 2.45) is 0 Å². The third-order valence-electron chi connectivity index (χ3n) is 3.75. The van der Waals surface area contributed by atoms with E-state index in [1.807, 2.05) is 37.3 Å². The fraction of sp³-hybridized carbons (Fsp3) is 0.300. The summed E-state index contributed by atoms with van der Waals surface area (Å²) in [4.78, 5) is 23.3. The fourth-order valence-electron chi connectivity index (χ4n) is 2.32. The van der Waals surface area contributed by atoms with Crippen LogP contribution in [0, 0.1) is 6.92 Å². The predicted octanol–water partition coefficient (Wildman–Crippen LogP) is 4.09. The van der Waals surface area contributed by atoms with Gasteiger partial charge in [0.2, 0.25) is 5.91 Å². The van der Waals surface area contributed by atoms with E-state index in [0.29, 0.717) is 23.0 Å². The Kier molecular flexibility index (Phi) is 6.17. The molecule has 0 bridgehead atoms. The minimum absolute atomic E-state index is 0.0790. The van der Waals surface area contributed by atoms with Crippen LogP contribution in [0.25, 0.3) is 0 Å². The molecule has 5 heteroatoms. The summed E-state index contributed by atoms with van der Waals surface area (Å²) in [7, 11) is 0. The number of hydrogen-bond acceptors (Lipinski definition) is 3. The van der Waals surface area contributed by atoms with Crippen molar-refractivity contribution in [3.8, 4) is 5.75 Å². The van der Waals surface area contributed by atoms with Gasteiger partial charge in [-0.2, -0.15) is 0 Å². The molecule has 25 heavy (non-hydrogen) atoms. The monoisotopic (exact) mass is 340 g/mol. The molecule has 0 fully saturated rings. The van der Waals surface area contributed by atoms with Gasteiger partial charge in [-0.3, -0.25) is 9.59 Å². The molecule has 2 rings (SSSR count). The van der Waals surface area contributed by atoms with Crippen molar-refractivity contribution in [2.75, 3.05) is 17.2 Å². The lowest BCUT2D eigenvalue weighted by Crippen LogP contribution is -2.20. The highest BCUT2D eigenvalue weighted by atomic mass is 16.5. The summed E-state index contributed by atoms with van der Waals surface area (Å²) in [6.07, 6.45) is 0. The van der Waals surface area contributed by atoms with Gasteiger partial charge in [0.05, 0.1) is 0 Å². The molecule has 0 heterocycles. The van der Waals surface area contributed by atoms with Gasteiger partial charge in [-0.05, 0) is 48.2 Å². The standard InChI is InChI=1S/C20H24N2O3/c1-13(2)16-6-9-18(10-7-16)25-12-20(24)22-17-8-5-14(3)19(11-17)21-15(4)23/h5-11,13H,12H2,1-4H3,(H,21,23)(H,22,24). The second kappa shape index (κ2) is 8.33. The van der Waals surface area contributed by atoms with Crippen molar-refractivity contribution in [3.05, 3.63) is 53.6 Å². The van der Waals surface area contributed by atoms with Crippen molar-refractivity contribution < 1.29 is 14.3 Å².